The third kappa shape index (κ3) is 4.81. The summed E-state index contributed by atoms with van der Waals surface area (Å²) in [6, 6.07) is 13.4. The molecule has 1 amide bonds. The van der Waals surface area contributed by atoms with Gasteiger partial charge in [-0.15, -0.1) is 16.4 Å². The zero-order valence-electron chi connectivity index (χ0n) is 21.1. The van der Waals surface area contributed by atoms with E-state index in [2.05, 4.69) is 10.3 Å². The molecular formula is C28H27FN6O3S. The molecule has 3 unspecified atom stereocenters. The quantitative estimate of drug-likeness (QED) is 0.399. The Bertz CT molecular complexity index is 1590. The molecule has 9 nitrogen and oxygen atoms in total. The van der Waals surface area contributed by atoms with Crippen molar-refractivity contribution < 1.29 is 19.0 Å². The number of thiophene rings is 1. The lowest BCUT2D eigenvalue weighted by atomic mass is 10.00. The second-order valence-corrected chi connectivity index (χ2v) is 11.1. The number of ether oxygens (including phenoxy) is 1. The molecule has 0 spiro atoms. The Morgan fingerprint density at radius 1 is 1.21 bits per heavy atom. The Morgan fingerprint density at radius 2 is 2.05 bits per heavy atom. The van der Waals surface area contributed by atoms with E-state index in [1.54, 1.807) is 21.7 Å². The van der Waals surface area contributed by atoms with Crippen LogP contribution in [0, 0.1) is 17.1 Å². The summed E-state index contributed by atoms with van der Waals surface area (Å²) >= 11 is 1.34. The predicted octanol–water partition coefficient (Wildman–Crippen LogP) is 3.72. The highest BCUT2D eigenvalue weighted by atomic mass is 32.1. The molecule has 2 aromatic carbocycles. The van der Waals surface area contributed by atoms with Gasteiger partial charge in [0.2, 0.25) is 0 Å². The molecule has 39 heavy (non-hydrogen) atoms. The molecule has 0 aliphatic carbocycles. The Balaban J connectivity index is 1.42. The first kappa shape index (κ1) is 25.6. The Kier molecular flexibility index (Phi) is 6.86. The number of amides is 1. The van der Waals surface area contributed by atoms with Crippen LogP contribution in [0.5, 0.6) is 0 Å². The minimum Gasteiger partial charge on any atom is -0.391 e. The average molecular weight is 547 g/mol. The molecule has 2 fully saturated rings. The Labute approximate surface area is 228 Å². The number of hydrogen-bond acceptors (Lipinski definition) is 8. The number of aromatic nitrogens is 3. The molecule has 2 aliphatic heterocycles. The summed E-state index contributed by atoms with van der Waals surface area (Å²) < 4.78 is 21.9. The fraction of sp³-hybridized carbons (Fsp3) is 0.357. The van der Waals surface area contributed by atoms with Crippen LogP contribution in [-0.2, 0) is 4.74 Å². The molecule has 4 aromatic rings. The average Bonchev–Trinajstić information content (AvgIpc) is 3.57. The van der Waals surface area contributed by atoms with Gasteiger partial charge in [-0.3, -0.25) is 4.79 Å². The first-order valence-corrected chi connectivity index (χ1v) is 13.7. The van der Waals surface area contributed by atoms with Crippen molar-refractivity contribution in [2.45, 2.75) is 37.5 Å². The van der Waals surface area contributed by atoms with Gasteiger partial charge in [0.25, 0.3) is 5.91 Å². The number of nitrogens with zero attached hydrogens (tertiary/aromatic N) is 5. The molecule has 11 heteroatoms. The zero-order valence-corrected chi connectivity index (χ0v) is 21.9. The third-order valence-electron chi connectivity index (χ3n) is 7.43. The van der Waals surface area contributed by atoms with E-state index in [1.165, 1.54) is 23.5 Å². The predicted molar refractivity (Wildman–Crippen MR) is 145 cm³/mol. The Hall–Kier alpha value is -3.69. The largest absolute Gasteiger partial charge is 0.391 e. The molecule has 2 saturated heterocycles. The van der Waals surface area contributed by atoms with Crippen molar-refractivity contribution in [3.05, 3.63) is 58.7 Å². The van der Waals surface area contributed by atoms with Crippen molar-refractivity contribution in [1.82, 2.24) is 19.9 Å². The molecule has 0 saturated carbocycles. The summed E-state index contributed by atoms with van der Waals surface area (Å²) in [5, 5.41) is 28.3. The molecule has 0 radical (unpaired) electrons. The minimum atomic E-state index is -0.617. The molecule has 6 rings (SSSR count). The van der Waals surface area contributed by atoms with Crippen LogP contribution in [0.25, 0.3) is 32.6 Å². The number of piperidine rings is 1. The number of nitrogens with two attached hydrogens (primary N) is 1. The van der Waals surface area contributed by atoms with Crippen molar-refractivity contribution in [1.29, 1.82) is 5.26 Å². The molecule has 2 aromatic heterocycles. The lowest BCUT2D eigenvalue weighted by molar-refractivity contribution is -0.0321. The van der Waals surface area contributed by atoms with Crippen LogP contribution >= 0.6 is 11.3 Å². The van der Waals surface area contributed by atoms with Gasteiger partial charge in [-0.2, -0.15) is 5.26 Å². The van der Waals surface area contributed by atoms with E-state index in [9.17, 15) is 19.6 Å². The highest BCUT2D eigenvalue weighted by molar-refractivity contribution is 7.18. The molecule has 2 aliphatic rings. The van der Waals surface area contributed by atoms with Gasteiger partial charge in [0, 0.05) is 36.2 Å². The molecule has 3 atom stereocenters. The number of carbonyl (C=O) groups is 1. The number of halogens is 1. The van der Waals surface area contributed by atoms with E-state index in [0.29, 0.717) is 54.2 Å². The first-order valence-electron chi connectivity index (χ1n) is 12.9. The number of hydrogen-bond donors (Lipinski definition) is 2. The monoisotopic (exact) mass is 546 g/mol. The number of rotatable bonds is 4. The number of aliphatic hydroxyl groups is 1. The summed E-state index contributed by atoms with van der Waals surface area (Å²) in [5.74, 6) is -0.719. The molecule has 200 valence electrons. The lowest BCUT2D eigenvalue weighted by Gasteiger charge is -2.30. The van der Waals surface area contributed by atoms with E-state index in [4.69, 9.17) is 10.5 Å². The normalized spacial score (nSPS) is 21.7. The Morgan fingerprint density at radius 3 is 2.82 bits per heavy atom. The van der Waals surface area contributed by atoms with E-state index in [-0.39, 0.29) is 23.6 Å². The van der Waals surface area contributed by atoms with Gasteiger partial charge in [-0.05, 0) is 60.7 Å². The van der Waals surface area contributed by atoms with Gasteiger partial charge < -0.3 is 20.5 Å². The van der Waals surface area contributed by atoms with Crippen molar-refractivity contribution in [2.24, 2.45) is 5.73 Å². The number of aliphatic hydroxyl groups excluding tert-OH is 1. The number of fused-ring (bicyclic) bond motifs is 1. The molecule has 4 heterocycles. The molecule has 0 bridgehead atoms. The summed E-state index contributed by atoms with van der Waals surface area (Å²) in [4.78, 5) is 16.6. The number of likely N-dealkylation sites (tertiary alicyclic amines) is 1. The maximum Gasteiger partial charge on any atom is 0.264 e. The maximum atomic E-state index is 14.6. The van der Waals surface area contributed by atoms with Gasteiger partial charge in [-0.1, -0.05) is 17.3 Å². The van der Waals surface area contributed by atoms with Gasteiger partial charge in [0.15, 0.2) is 0 Å². The molecular weight excluding hydrogens is 519 g/mol. The van der Waals surface area contributed by atoms with E-state index in [0.717, 1.165) is 28.8 Å². The van der Waals surface area contributed by atoms with Crippen molar-refractivity contribution in [2.75, 3.05) is 26.3 Å². The van der Waals surface area contributed by atoms with E-state index in [1.807, 2.05) is 24.3 Å². The summed E-state index contributed by atoms with van der Waals surface area (Å²) in [6.45, 7) is 2.01. The van der Waals surface area contributed by atoms with Crippen molar-refractivity contribution >= 4 is 28.3 Å². The summed E-state index contributed by atoms with van der Waals surface area (Å²) in [6.07, 6.45) is 1.70. The van der Waals surface area contributed by atoms with Gasteiger partial charge in [0.05, 0.1) is 28.7 Å². The lowest BCUT2D eigenvalue weighted by Crippen LogP contribution is -2.45. The van der Waals surface area contributed by atoms with E-state index >= 15 is 0 Å². The SMILES string of the molecule is N#Cc1ccc(-c2cc(C(=O)N3CCCC(N)C3)sc2-c2ccc3c(c2)nnn3C2COCCC2O)cc1F. The number of carbonyl (C=O) groups excluding carboxylic acids is 1. The van der Waals surface area contributed by atoms with Crippen LogP contribution in [0.15, 0.2) is 42.5 Å². The fourth-order valence-electron chi connectivity index (χ4n) is 5.32. The van der Waals surface area contributed by atoms with E-state index < -0.39 is 11.9 Å². The van der Waals surface area contributed by atoms with Crippen LogP contribution in [0.3, 0.4) is 0 Å². The second kappa shape index (κ2) is 10.5. The third-order valence-corrected chi connectivity index (χ3v) is 8.60. The van der Waals surface area contributed by atoms with Gasteiger partial charge >= 0.3 is 0 Å². The first-order chi connectivity index (χ1) is 18.9. The maximum absolute atomic E-state index is 14.6. The van der Waals surface area contributed by atoms with Crippen molar-refractivity contribution in [3.8, 4) is 27.6 Å². The summed E-state index contributed by atoms with van der Waals surface area (Å²) in [7, 11) is 0. The second-order valence-electron chi connectivity index (χ2n) is 10.0. The van der Waals surface area contributed by atoms with Gasteiger partial charge in [0.1, 0.15) is 23.4 Å². The number of nitriles is 1. The minimum absolute atomic E-state index is 0.0407. The highest BCUT2D eigenvalue weighted by Gasteiger charge is 2.29. The van der Waals surface area contributed by atoms with Crippen LogP contribution < -0.4 is 5.73 Å². The zero-order chi connectivity index (χ0) is 27.1. The van der Waals surface area contributed by atoms with Gasteiger partial charge in [-0.25, -0.2) is 9.07 Å². The standard InChI is InChI=1S/C28H27FN6O3S/c29-21-10-16(3-4-18(21)13-30)20-12-26(28(37)34-8-1-2-19(31)14-34)39-27(20)17-5-6-23-22(11-17)32-33-35(23)24-15-38-9-7-25(24)36/h3-6,10-12,19,24-25,36H,1-2,7-9,14-15,31H2. The topological polar surface area (TPSA) is 130 Å². The molecule has 3 N–H and O–H groups in total. The number of benzene rings is 2. The van der Waals surface area contributed by atoms with Crippen LogP contribution in [0.4, 0.5) is 4.39 Å². The fourth-order valence-corrected chi connectivity index (χ4v) is 6.47. The van der Waals surface area contributed by atoms with Crippen LogP contribution in [-0.4, -0.2) is 69.4 Å². The highest BCUT2D eigenvalue weighted by Crippen LogP contribution is 2.41. The smallest absolute Gasteiger partial charge is 0.264 e. The van der Waals surface area contributed by atoms with Crippen LogP contribution in [0.2, 0.25) is 0 Å². The van der Waals surface area contributed by atoms with Crippen molar-refractivity contribution in [3.63, 3.8) is 0 Å². The summed E-state index contributed by atoms with van der Waals surface area (Å²) in [5.41, 5.74) is 9.53. The van der Waals surface area contributed by atoms with Crippen LogP contribution in [0.1, 0.15) is 40.5 Å².